The number of nitrogens with zero attached hydrogens (tertiary/aromatic N) is 4. The van der Waals surface area contributed by atoms with Crippen molar-refractivity contribution in [3.63, 3.8) is 0 Å². The van der Waals surface area contributed by atoms with Gasteiger partial charge in [-0.05, 0) is 26.2 Å². The molecule has 8 heteroatoms. The van der Waals surface area contributed by atoms with Crippen molar-refractivity contribution in [1.82, 2.24) is 0 Å². The predicted octanol–water partition coefficient (Wildman–Crippen LogP) is 0.337. The van der Waals surface area contributed by atoms with Crippen molar-refractivity contribution < 1.29 is 19.2 Å². The fourth-order valence-corrected chi connectivity index (χ4v) is 2.37. The minimum absolute atomic E-state index is 0.185. The van der Waals surface area contributed by atoms with Crippen molar-refractivity contribution >= 4 is 24.3 Å². The van der Waals surface area contributed by atoms with E-state index in [1.165, 1.54) is 31.2 Å². The summed E-state index contributed by atoms with van der Waals surface area (Å²) < 4.78 is 0. The molecule has 0 aromatic heterocycles. The zero-order valence-corrected chi connectivity index (χ0v) is 10.1. The standard InChI is InChI=1S/C11H10N4O4/c1-10(13-6-17)9(12-5-16)3-2-4-11(10,14-7-18)15-8-19/h9H,2-4H2,1H3. The largest absolute Gasteiger partial charge is 0.237 e. The molecular formula is C11H10N4O4. The summed E-state index contributed by atoms with van der Waals surface area (Å²) >= 11 is 0. The van der Waals surface area contributed by atoms with Crippen LogP contribution < -0.4 is 0 Å². The highest BCUT2D eigenvalue weighted by Crippen LogP contribution is 2.44. The number of isocyanates is 4. The van der Waals surface area contributed by atoms with Crippen molar-refractivity contribution in [2.24, 2.45) is 20.0 Å². The van der Waals surface area contributed by atoms with Crippen LogP contribution in [-0.4, -0.2) is 41.6 Å². The van der Waals surface area contributed by atoms with E-state index < -0.39 is 17.2 Å². The Bertz CT molecular complexity index is 531. The topological polar surface area (TPSA) is 118 Å². The van der Waals surface area contributed by atoms with Gasteiger partial charge in [0, 0.05) is 0 Å². The molecule has 1 saturated carbocycles. The lowest BCUT2D eigenvalue weighted by Gasteiger charge is -2.43. The van der Waals surface area contributed by atoms with Crippen molar-refractivity contribution in [3.05, 3.63) is 0 Å². The third-order valence-electron chi connectivity index (χ3n) is 3.41. The average Bonchev–Trinajstić information content (AvgIpc) is 2.37. The van der Waals surface area contributed by atoms with Gasteiger partial charge >= 0.3 is 0 Å². The molecule has 19 heavy (non-hydrogen) atoms. The molecule has 1 fully saturated rings. The molecule has 0 amide bonds. The van der Waals surface area contributed by atoms with Crippen molar-refractivity contribution in [2.75, 3.05) is 0 Å². The van der Waals surface area contributed by atoms with Gasteiger partial charge in [0.2, 0.25) is 30.0 Å². The summed E-state index contributed by atoms with van der Waals surface area (Å²) in [7, 11) is 0. The van der Waals surface area contributed by atoms with Crippen molar-refractivity contribution in [1.29, 1.82) is 0 Å². The van der Waals surface area contributed by atoms with Crippen LogP contribution >= 0.6 is 0 Å². The molecule has 0 spiro atoms. The van der Waals surface area contributed by atoms with Gasteiger partial charge in [0.25, 0.3) is 0 Å². The second kappa shape index (κ2) is 5.91. The highest BCUT2D eigenvalue weighted by Gasteiger charge is 2.57. The predicted molar refractivity (Wildman–Crippen MR) is 61.3 cm³/mol. The molecule has 1 aliphatic carbocycles. The van der Waals surface area contributed by atoms with E-state index in [1.807, 2.05) is 0 Å². The first-order valence-corrected chi connectivity index (χ1v) is 5.44. The number of carbonyl (C=O) groups excluding carboxylic acids is 4. The Kier molecular flexibility index (Phi) is 4.54. The van der Waals surface area contributed by atoms with Gasteiger partial charge in [-0.25, -0.2) is 19.2 Å². The molecule has 1 aliphatic rings. The summed E-state index contributed by atoms with van der Waals surface area (Å²) in [6.45, 7) is 1.42. The van der Waals surface area contributed by atoms with E-state index in [0.29, 0.717) is 12.8 Å². The first-order valence-electron chi connectivity index (χ1n) is 5.44. The zero-order valence-electron chi connectivity index (χ0n) is 10.1. The molecule has 0 bridgehead atoms. The summed E-state index contributed by atoms with van der Waals surface area (Å²) in [5.74, 6) is 0. The number of aliphatic imine (C=N–C) groups is 4. The van der Waals surface area contributed by atoms with Crippen LogP contribution in [0.25, 0.3) is 0 Å². The second-order valence-corrected chi connectivity index (χ2v) is 4.20. The van der Waals surface area contributed by atoms with Gasteiger partial charge in [0.1, 0.15) is 5.54 Å². The molecule has 8 nitrogen and oxygen atoms in total. The van der Waals surface area contributed by atoms with Crippen LogP contribution in [0.1, 0.15) is 26.2 Å². The zero-order chi connectivity index (χ0) is 14.4. The lowest BCUT2D eigenvalue weighted by Crippen LogP contribution is -2.57. The van der Waals surface area contributed by atoms with Gasteiger partial charge in [-0.1, -0.05) is 0 Å². The van der Waals surface area contributed by atoms with Crippen molar-refractivity contribution in [2.45, 2.75) is 43.4 Å². The molecule has 2 atom stereocenters. The molecule has 2 unspecified atom stereocenters. The minimum atomic E-state index is -1.64. The maximum absolute atomic E-state index is 10.6. The van der Waals surface area contributed by atoms with Gasteiger partial charge in [0.05, 0.1) is 6.04 Å². The summed E-state index contributed by atoms with van der Waals surface area (Å²) in [6, 6.07) is -0.783. The van der Waals surface area contributed by atoms with Crippen LogP contribution in [0, 0.1) is 0 Å². The fourth-order valence-electron chi connectivity index (χ4n) is 2.37. The van der Waals surface area contributed by atoms with E-state index >= 15 is 0 Å². The van der Waals surface area contributed by atoms with E-state index in [1.54, 1.807) is 0 Å². The summed E-state index contributed by atoms with van der Waals surface area (Å²) in [5.41, 5.74) is -3.11. The number of rotatable bonds is 4. The van der Waals surface area contributed by atoms with Gasteiger partial charge < -0.3 is 0 Å². The minimum Gasteiger partial charge on any atom is -0.211 e. The third-order valence-corrected chi connectivity index (χ3v) is 3.41. The molecule has 1 rings (SSSR count). The summed E-state index contributed by atoms with van der Waals surface area (Å²) in [6.07, 6.45) is 6.43. The average molecular weight is 262 g/mol. The van der Waals surface area contributed by atoms with Crippen LogP contribution in [0.15, 0.2) is 20.0 Å². The highest BCUT2D eigenvalue weighted by molar-refractivity contribution is 5.45. The first-order chi connectivity index (χ1) is 9.10. The van der Waals surface area contributed by atoms with Crippen LogP contribution in [0.3, 0.4) is 0 Å². The van der Waals surface area contributed by atoms with E-state index in [0.717, 1.165) is 0 Å². The van der Waals surface area contributed by atoms with Gasteiger partial charge in [-0.2, -0.15) is 20.0 Å². The summed E-state index contributed by atoms with van der Waals surface area (Å²) in [4.78, 5) is 56.4. The molecule has 0 aliphatic heterocycles. The van der Waals surface area contributed by atoms with Gasteiger partial charge in [0.15, 0.2) is 0 Å². The normalized spacial score (nSPS) is 32.8. The number of hydrogen-bond acceptors (Lipinski definition) is 8. The maximum atomic E-state index is 10.6. The quantitative estimate of drug-likeness (QED) is 0.536. The molecule has 0 aromatic rings. The van der Waals surface area contributed by atoms with Crippen LogP contribution in [-0.2, 0) is 19.2 Å². The monoisotopic (exact) mass is 262 g/mol. The Morgan fingerprint density at radius 3 is 2.00 bits per heavy atom. The fraction of sp³-hybridized carbons (Fsp3) is 0.636. The first kappa shape index (κ1) is 14.6. The Morgan fingerprint density at radius 1 is 0.947 bits per heavy atom. The van der Waals surface area contributed by atoms with E-state index in [9.17, 15) is 19.2 Å². The Labute approximate surface area is 108 Å². The van der Waals surface area contributed by atoms with Crippen LogP contribution in [0.5, 0.6) is 0 Å². The van der Waals surface area contributed by atoms with Gasteiger partial charge in [-0.15, -0.1) is 0 Å². The molecule has 0 saturated heterocycles. The SMILES string of the molecule is CC1(N=C=O)C(N=C=O)CCCC1(N=C=O)N=C=O. The van der Waals surface area contributed by atoms with E-state index in [4.69, 9.17) is 0 Å². The lowest BCUT2D eigenvalue weighted by atomic mass is 9.71. The van der Waals surface area contributed by atoms with Crippen LogP contribution in [0.4, 0.5) is 0 Å². The van der Waals surface area contributed by atoms with Crippen LogP contribution in [0.2, 0.25) is 0 Å². The lowest BCUT2D eigenvalue weighted by molar-refractivity contribution is 0.151. The molecule has 0 aromatic carbocycles. The Balaban J connectivity index is 3.57. The smallest absolute Gasteiger partial charge is 0.211 e. The second-order valence-electron chi connectivity index (χ2n) is 4.20. The van der Waals surface area contributed by atoms with Crippen molar-refractivity contribution in [3.8, 4) is 0 Å². The van der Waals surface area contributed by atoms with E-state index in [-0.39, 0.29) is 6.42 Å². The Hall–Kier alpha value is -2.48. The van der Waals surface area contributed by atoms with E-state index in [2.05, 4.69) is 20.0 Å². The molecule has 0 N–H and O–H groups in total. The third kappa shape index (κ3) is 2.38. The molecular weight excluding hydrogens is 252 g/mol. The Morgan fingerprint density at radius 2 is 1.53 bits per heavy atom. The van der Waals surface area contributed by atoms with Gasteiger partial charge in [-0.3, -0.25) is 0 Å². The number of hydrogen-bond donors (Lipinski definition) is 0. The molecule has 0 radical (unpaired) electrons. The summed E-state index contributed by atoms with van der Waals surface area (Å²) in [5, 5.41) is 0. The molecule has 0 heterocycles. The molecule has 98 valence electrons. The highest BCUT2D eigenvalue weighted by atomic mass is 16.1. The maximum Gasteiger partial charge on any atom is 0.237 e.